The number of hydrogen-bond acceptors (Lipinski definition) is 1. The van der Waals surface area contributed by atoms with E-state index in [0.29, 0.717) is 12.1 Å². The molecule has 2 aromatic rings. The second-order valence-corrected chi connectivity index (χ2v) is 4.43. The van der Waals surface area contributed by atoms with E-state index >= 15 is 0 Å². The molecule has 0 aliphatic rings. The minimum atomic E-state index is 0. The molecule has 96 valence electrons. The summed E-state index contributed by atoms with van der Waals surface area (Å²) in [7, 11) is 0. The van der Waals surface area contributed by atoms with Gasteiger partial charge in [-0.2, -0.15) is 0 Å². The molecule has 0 unspecified atom stereocenters. The van der Waals surface area contributed by atoms with Crippen molar-refractivity contribution < 1.29 is 0 Å². The van der Waals surface area contributed by atoms with Crippen LogP contribution in [0.3, 0.4) is 0 Å². The minimum absolute atomic E-state index is 0. The number of halogens is 1. The standard InChI is InChI=1S/C16H19N.ClH/c1-13(15-9-5-3-6-10-15)17-14(2)16-11-7-4-8-12-16;/h3-14,17H,1-2H3;1H/t13-,14+;. The zero-order valence-electron chi connectivity index (χ0n) is 10.8. The van der Waals surface area contributed by atoms with Crippen LogP contribution in [0, 0.1) is 0 Å². The van der Waals surface area contributed by atoms with Crippen LogP contribution in [0.1, 0.15) is 37.1 Å². The maximum absolute atomic E-state index is 3.61. The van der Waals surface area contributed by atoms with Crippen LogP contribution in [0.15, 0.2) is 60.7 Å². The lowest BCUT2D eigenvalue weighted by Gasteiger charge is -2.20. The lowest BCUT2D eigenvalue weighted by atomic mass is 10.0. The van der Waals surface area contributed by atoms with Gasteiger partial charge in [0.1, 0.15) is 0 Å². The van der Waals surface area contributed by atoms with Crippen LogP contribution in [-0.2, 0) is 0 Å². The molecule has 0 radical (unpaired) electrons. The summed E-state index contributed by atoms with van der Waals surface area (Å²) >= 11 is 0. The summed E-state index contributed by atoms with van der Waals surface area (Å²) in [5, 5.41) is 3.61. The van der Waals surface area contributed by atoms with E-state index in [-0.39, 0.29) is 12.4 Å². The molecule has 0 saturated heterocycles. The zero-order valence-corrected chi connectivity index (χ0v) is 11.7. The van der Waals surface area contributed by atoms with Crippen molar-refractivity contribution in [1.29, 1.82) is 0 Å². The molecule has 18 heavy (non-hydrogen) atoms. The third kappa shape index (κ3) is 3.86. The maximum Gasteiger partial charge on any atom is 0.0297 e. The molecular formula is C16H20ClN. The second-order valence-electron chi connectivity index (χ2n) is 4.43. The van der Waals surface area contributed by atoms with Gasteiger partial charge in [-0.15, -0.1) is 12.4 Å². The van der Waals surface area contributed by atoms with Crippen LogP contribution in [0.25, 0.3) is 0 Å². The Kier molecular flexibility index (Phi) is 5.90. The molecule has 1 nitrogen and oxygen atoms in total. The molecule has 2 atom stereocenters. The lowest BCUT2D eigenvalue weighted by molar-refractivity contribution is 0.495. The highest BCUT2D eigenvalue weighted by Gasteiger charge is 2.09. The fraction of sp³-hybridized carbons (Fsp3) is 0.250. The Morgan fingerprint density at radius 2 is 1.00 bits per heavy atom. The fourth-order valence-corrected chi connectivity index (χ4v) is 2.05. The molecule has 0 amide bonds. The van der Waals surface area contributed by atoms with E-state index in [1.807, 2.05) is 0 Å². The molecular weight excluding hydrogens is 242 g/mol. The smallest absolute Gasteiger partial charge is 0.0297 e. The van der Waals surface area contributed by atoms with Crippen molar-refractivity contribution in [1.82, 2.24) is 5.32 Å². The van der Waals surface area contributed by atoms with Crippen molar-refractivity contribution in [3.05, 3.63) is 71.8 Å². The van der Waals surface area contributed by atoms with E-state index in [1.165, 1.54) is 11.1 Å². The fourth-order valence-electron chi connectivity index (χ4n) is 2.05. The summed E-state index contributed by atoms with van der Waals surface area (Å²) < 4.78 is 0. The summed E-state index contributed by atoms with van der Waals surface area (Å²) in [6.07, 6.45) is 0. The van der Waals surface area contributed by atoms with Crippen LogP contribution in [0.4, 0.5) is 0 Å². The van der Waals surface area contributed by atoms with Gasteiger partial charge in [-0.25, -0.2) is 0 Å². The van der Waals surface area contributed by atoms with E-state index in [4.69, 9.17) is 0 Å². The minimum Gasteiger partial charge on any atom is -0.304 e. The number of benzene rings is 2. The molecule has 0 aliphatic carbocycles. The molecule has 1 N–H and O–H groups in total. The molecule has 2 rings (SSSR count). The van der Waals surface area contributed by atoms with Gasteiger partial charge >= 0.3 is 0 Å². The van der Waals surface area contributed by atoms with Gasteiger partial charge in [0.25, 0.3) is 0 Å². The van der Waals surface area contributed by atoms with Crippen molar-refractivity contribution in [3.63, 3.8) is 0 Å². The topological polar surface area (TPSA) is 12.0 Å². The van der Waals surface area contributed by atoms with Gasteiger partial charge in [0, 0.05) is 12.1 Å². The van der Waals surface area contributed by atoms with E-state index in [2.05, 4.69) is 79.8 Å². The van der Waals surface area contributed by atoms with E-state index in [0.717, 1.165) is 0 Å². The summed E-state index contributed by atoms with van der Waals surface area (Å²) in [6, 6.07) is 21.8. The molecule has 2 heteroatoms. The Morgan fingerprint density at radius 3 is 1.33 bits per heavy atom. The van der Waals surface area contributed by atoms with Crippen molar-refractivity contribution in [2.45, 2.75) is 25.9 Å². The number of hydrogen-bond donors (Lipinski definition) is 1. The van der Waals surface area contributed by atoms with E-state index in [1.54, 1.807) is 0 Å². The van der Waals surface area contributed by atoms with Crippen LogP contribution in [0.2, 0.25) is 0 Å². The van der Waals surface area contributed by atoms with Gasteiger partial charge in [0.15, 0.2) is 0 Å². The largest absolute Gasteiger partial charge is 0.304 e. The highest BCUT2D eigenvalue weighted by molar-refractivity contribution is 5.85. The quantitative estimate of drug-likeness (QED) is 0.853. The molecule has 0 aliphatic heterocycles. The van der Waals surface area contributed by atoms with Crippen molar-refractivity contribution >= 4 is 12.4 Å². The van der Waals surface area contributed by atoms with E-state index < -0.39 is 0 Å². The molecule has 0 saturated carbocycles. The molecule has 0 aromatic heterocycles. The average Bonchev–Trinajstić information content (AvgIpc) is 2.40. The predicted octanol–water partition coefficient (Wildman–Crippen LogP) is 4.52. The third-order valence-corrected chi connectivity index (χ3v) is 3.10. The Balaban J connectivity index is 0.00000162. The number of rotatable bonds is 4. The zero-order chi connectivity index (χ0) is 12.1. The van der Waals surface area contributed by atoms with Gasteiger partial charge < -0.3 is 5.32 Å². The normalized spacial score (nSPS) is 13.4. The van der Waals surface area contributed by atoms with Crippen molar-refractivity contribution in [2.75, 3.05) is 0 Å². The molecule has 2 aromatic carbocycles. The lowest BCUT2D eigenvalue weighted by Crippen LogP contribution is -2.22. The summed E-state index contributed by atoms with van der Waals surface area (Å²) in [5.74, 6) is 0. The summed E-state index contributed by atoms with van der Waals surface area (Å²) in [4.78, 5) is 0. The van der Waals surface area contributed by atoms with Crippen LogP contribution < -0.4 is 5.32 Å². The Hall–Kier alpha value is -1.31. The second kappa shape index (κ2) is 7.20. The predicted molar refractivity (Wildman–Crippen MR) is 80.1 cm³/mol. The first-order chi connectivity index (χ1) is 8.27. The molecule has 0 fully saturated rings. The Morgan fingerprint density at radius 1 is 0.667 bits per heavy atom. The van der Waals surface area contributed by atoms with Crippen molar-refractivity contribution in [2.24, 2.45) is 0 Å². The average molecular weight is 262 g/mol. The van der Waals surface area contributed by atoms with Gasteiger partial charge in [0.2, 0.25) is 0 Å². The Labute approximate surface area is 116 Å². The molecule has 0 spiro atoms. The van der Waals surface area contributed by atoms with Crippen LogP contribution in [-0.4, -0.2) is 0 Å². The van der Waals surface area contributed by atoms with Crippen molar-refractivity contribution in [3.8, 4) is 0 Å². The van der Waals surface area contributed by atoms with Gasteiger partial charge in [-0.3, -0.25) is 0 Å². The summed E-state index contributed by atoms with van der Waals surface area (Å²) in [5.41, 5.74) is 2.66. The van der Waals surface area contributed by atoms with Gasteiger partial charge in [-0.05, 0) is 25.0 Å². The maximum atomic E-state index is 3.61. The summed E-state index contributed by atoms with van der Waals surface area (Å²) in [6.45, 7) is 4.41. The van der Waals surface area contributed by atoms with Crippen LogP contribution >= 0.6 is 12.4 Å². The highest BCUT2D eigenvalue weighted by Crippen LogP contribution is 2.18. The Bertz CT molecular complexity index is 398. The monoisotopic (exact) mass is 261 g/mol. The first-order valence-corrected chi connectivity index (χ1v) is 6.13. The van der Waals surface area contributed by atoms with Gasteiger partial charge in [0.05, 0.1) is 0 Å². The molecule has 0 bridgehead atoms. The third-order valence-electron chi connectivity index (χ3n) is 3.10. The van der Waals surface area contributed by atoms with Crippen LogP contribution in [0.5, 0.6) is 0 Å². The highest BCUT2D eigenvalue weighted by atomic mass is 35.5. The molecule has 0 heterocycles. The first-order valence-electron chi connectivity index (χ1n) is 6.13. The van der Waals surface area contributed by atoms with E-state index in [9.17, 15) is 0 Å². The van der Waals surface area contributed by atoms with Gasteiger partial charge in [-0.1, -0.05) is 60.7 Å². The first kappa shape index (κ1) is 14.7. The number of nitrogens with one attached hydrogen (secondary N) is 1. The SMILES string of the molecule is C[C@H](N[C@H](C)c1ccccc1)c1ccccc1.Cl.